The fourth-order valence-corrected chi connectivity index (χ4v) is 15.0. The van der Waals surface area contributed by atoms with Crippen LogP contribution in [0.3, 0.4) is 0 Å². The molecule has 8 rings (SSSR count). The summed E-state index contributed by atoms with van der Waals surface area (Å²) < 4.78 is 39.3. The minimum atomic E-state index is -2.07. The van der Waals surface area contributed by atoms with Crippen LogP contribution in [0, 0.1) is 17.5 Å². The maximum Gasteiger partial charge on any atom is 0.410 e. The van der Waals surface area contributed by atoms with Gasteiger partial charge in [0, 0.05) is 30.2 Å². The molecule has 57 heavy (non-hydrogen) atoms. The molecule has 1 unspecified atom stereocenters. The van der Waals surface area contributed by atoms with Gasteiger partial charge in [-0.3, -0.25) is 4.90 Å². The molecule has 3 atom stereocenters. The summed E-state index contributed by atoms with van der Waals surface area (Å²) in [6.45, 7) is 14.8. The number of rotatable bonds is 9. The van der Waals surface area contributed by atoms with Crippen LogP contribution in [0.4, 0.5) is 15.0 Å². The van der Waals surface area contributed by atoms with Gasteiger partial charge in [-0.25, -0.2) is 14.8 Å². The van der Waals surface area contributed by atoms with Crippen LogP contribution in [-0.2, 0) is 16.1 Å². The highest BCUT2D eigenvalue weighted by Gasteiger charge is 2.51. The highest BCUT2D eigenvalue weighted by atomic mass is 28.3. The van der Waals surface area contributed by atoms with Gasteiger partial charge in [-0.2, -0.15) is 9.37 Å². The molecule has 2 fully saturated rings. The first kappa shape index (κ1) is 38.6. The number of benzene rings is 3. The van der Waals surface area contributed by atoms with Gasteiger partial charge < -0.3 is 23.8 Å². The Labute approximate surface area is 334 Å². The van der Waals surface area contributed by atoms with Crippen molar-refractivity contribution in [2.45, 2.75) is 95.7 Å². The zero-order chi connectivity index (χ0) is 40.0. The number of ether oxygens (including phenoxy) is 4. The van der Waals surface area contributed by atoms with Crippen molar-refractivity contribution in [3.05, 3.63) is 83.9 Å². The van der Waals surface area contributed by atoms with Gasteiger partial charge in [0.25, 0.3) is 0 Å². The van der Waals surface area contributed by atoms with E-state index in [1.807, 2.05) is 59.5 Å². The Kier molecular flexibility index (Phi) is 10.6. The predicted octanol–water partition coefficient (Wildman–Crippen LogP) is 9.29. The van der Waals surface area contributed by atoms with Crippen molar-refractivity contribution in [3.8, 4) is 34.4 Å². The molecule has 0 saturated carbocycles. The fourth-order valence-electron chi connectivity index (χ4n) is 9.78. The van der Waals surface area contributed by atoms with Crippen molar-refractivity contribution in [1.82, 2.24) is 19.9 Å². The summed E-state index contributed by atoms with van der Waals surface area (Å²) in [6.07, 6.45) is 0.362. The summed E-state index contributed by atoms with van der Waals surface area (Å²) in [7, 11) is -0.491. The lowest BCUT2D eigenvalue weighted by Gasteiger charge is -2.45. The monoisotopic (exact) mass is 787 g/mol. The molecule has 1 amide bonds. The molecule has 0 aliphatic carbocycles. The molecule has 5 aromatic rings. The lowest BCUT2D eigenvalue weighted by molar-refractivity contribution is 0.0512. The number of hydrogen-bond acceptors (Lipinski definition) is 9. The average Bonchev–Trinajstić information content (AvgIpc) is 3.43. The number of pyridine rings is 1. The topological polar surface area (TPSA) is 99.1 Å². The first-order valence-electron chi connectivity index (χ1n) is 20.0. The van der Waals surface area contributed by atoms with Crippen molar-refractivity contribution in [1.29, 1.82) is 0 Å². The smallest absolute Gasteiger partial charge is 0.410 e. The number of hydrogen-bond donors (Lipinski definition) is 0. The molecule has 2 bridgehead atoms. The largest absolute Gasteiger partial charge is 0.475 e. The Bertz CT molecular complexity index is 2360. The van der Waals surface area contributed by atoms with Crippen molar-refractivity contribution in [2.75, 3.05) is 32.0 Å². The second-order valence-corrected chi connectivity index (χ2v) is 22.0. The van der Waals surface area contributed by atoms with Gasteiger partial charge in [0.1, 0.15) is 38.2 Å². The summed E-state index contributed by atoms with van der Waals surface area (Å²) >= 11 is 0. The van der Waals surface area contributed by atoms with E-state index in [0.717, 1.165) is 40.3 Å². The van der Waals surface area contributed by atoms with Gasteiger partial charge in [0.15, 0.2) is 6.79 Å². The number of amides is 1. The standard InChI is InChI=1S/C45H50FN5O5Si/c1-27(2)57(28(3)4,29(5)6)19-18-31-14-11-15-32-20-34(56-26-53-7)21-35(40(31)32)36-22-37-41-42(49-44(46)48-37)50-23-33-16-17-38(39(50)25-54-43(41)47-36)51(33)45(52)55-24-30-12-9-8-10-13-30/h8-15,20-22,27-29,33,38-39H,16-17,23-26H2,1-7H3/t33-,38+,39?/m0/s1. The quantitative estimate of drug-likeness (QED) is 0.0627. The molecule has 3 aromatic carbocycles. The first-order valence-corrected chi connectivity index (χ1v) is 22.2. The first-order chi connectivity index (χ1) is 27.5. The third-order valence-electron chi connectivity index (χ3n) is 12.3. The Morgan fingerprint density at radius 2 is 1.70 bits per heavy atom. The van der Waals surface area contributed by atoms with Crippen LogP contribution in [-0.4, -0.2) is 79.2 Å². The van der Waals surface area contributed by atoms with Crippen LogP contribution in [0.2, 0.25) is 16.6 Å². The highest BCUT2D eigenvalue weighted by Crippen LogP contribution is 2.45. The Balaban J connectivity index is 1.22. The van der Waals surface area contributed by atoms with Crippen LogP contribution in [0.15, 0.2) is 66.7 Å². The molecule has 0 radical (unpaired) electrons. The molecule has 3 aliphatic heterocycles. The average molecular weight is 788 g/mol. The third-order valence-corrected chi connectivity index (χ3v) is 18.6. The minimum Gasteiger partial charge on any atom is -0.475 e. The predicted molar refractivity (Wildman–Crippen MR) is 223 cm³/mol. The van der Waals surface area contributed by atoms with E-state index in [1.54, 1.807) is 13.2 Å². The number of aromatic nitrogens is 3. The highest BCUT2D eigenvalue weighted by molar-refractivity contribution is 6.90. The summed E-state index contributed by atoms with van der Waals surface area (Å²) in [5.41, 5.74) is 8.78. The molecular formula is C45H50FN5O5Si. The van der Waals surface area contributed by atoms with Crippen molar-refractivity contribution in [3.63, 3.8) is 0 Å². The summed E-state index contributed by atoms with van der Waals surface area (Å²) in [5, 5.41) is 2.38. The van der Waals surface area contributed by atoms with E-state index < -0.39 is 14.2 Å². The van der Waals surface area contributed by atoms with E-state index in [9.17, 15) is 4.79 Å². The second-order valence-electron chi connectivity index (χ2n) is 16.4. The lowest BCUT2D eigenvalue weighted by Crippen LogP contribution is -2.63. The summed E-state index contributed by atoms with van der Waals surface area (Å²) in [5.74, 6) is 5.01. The van der Waals surface area contributed by atoms with Gasteiger partial charge in [-0.1, -0.05) is 89.9 Å². The Morgan fingerprint density at radius 3 is 2.44 bits per heavy atom. The van der Waals surface area contributed by atoms with E-state index in [-0.39, 0.29) is 44.2 Å². The van der Waals surface area contributed by atoms with Crippen LogP contribution >= 0.6 is 0 Å². The molecule has 5 heterocycles. The normalized spacial score (nSPS) is 18.8. The van der Waals surface area contributed by atoms with Gasteiger partial charge >= 0.3 is 12.2 Å². The Morgan fingerprint density at radius 1 is 0.930 bits per heavy atom. The number of piperazine rings is 1. The SMILES string of the molecule is COCOc1cc(-c2cc3nc(F)nc4c3c(n2)OCC2[C@H]3CC[C@@H](CN42)N3C(=O)OCc2ccccc2)c2c(C#C[Si](C(C)C)(C(C)C)C(C)C)cccc2c1. The number of halogens is 1. The molecule has 10 nitrogen and oxygen atoms in total. The number of nitrogens with zero attached hydrogens (tertiary/aromatic N) is 5. The van der Waals surface area contributed by atoms with Crippen LogP contribution in [0.5, 0.6) is 11.6 Å². The molecular weight excluding hydrogens is 738 g/mol. The van der Waals surface area contributed by atoms with Crippen molar-refractivity contribution in [2.24, 2.45) is 0 Å². The third kappa shape index (κ3) is 6.95. The van der Waals surface area contributed by atoms with Crippen molar-refractivity contribution < 1.29 is 28.1 Å². The number of methoxy groups -OCH3 is 1. The van der Waals surface area contributed by atoms with Gasteiger partial charge in [0.2, 0.25) is 5.88 Å². The van der Waals surface area contributed by atoms with Gasteiger partial charge in [0.05, 0.1) is 29.3 Å². The van der Waals surface area contributed by atoms with E-state index in [1.165, 1.54) is 0 Å². The molecule has 3 aliphatic rings. The Hall–Kier alpha value is -5.25. The second kappa shape index (κ2) is 15.6. The number of fused-ring (bicyclic) bond motifs is 6. The van der Waals surface area contributed by atoms with E-state index in [2.05, 4.69) is 73.9 Å². The summed E-state index contributed by atoms with van der Waals surface area (Å²) in [4.78, 5) is 31.4. The number of carbonyl (C=O) groups excluding carboxylic acids is 1. The van der Waals surface area contributed by atoms with E-state index in [0.29, 0.717) is 57.2 Å². The summed E-state index contributed by atoms with van der Waals surface area (Å²) in [6, 6.07) is 20.8. The number of anilines is 1. The molecule has 0 spiro atoms. The molecule has 2 saturated heterocycles. The van der Waals surface area contributed by atoms with E-state index in [4.69, 9.17) is 23.9 Å². The maximum absolute atomic E-state index is 15.6. The maximum atomic E-state index is 15.6. The van der Waals surface area contributed by atoms with Gasteiger partial charge in [-0.05, 0) is 64.7 Å². The van der Waals surface area contributed by atoms with Crippen LogP contribution < -0.4 is 14.4 Å². The van der Waals surface area contributed by atoms with Crippen LogP contribution in [0.25, 0.3) is 32.9 Å². The molecule has 2 aromatic heterocycles. The lowest BCUT2D eigenvalue weighted by atomic mass is 9.96. The molecule has 12 heteroatoms. The van der Waals surface area contributed by atoms with Crippen LogP contribution in [0.1, 0.15) is 65.5 Å². The molecule has 0 N–H and O–H groups in total. The van der Waals surface area contributed by atoms with Gasteiger partial charge in [-0.15, -0.1) is 5.54 Å². The fraction of sp³-hybridized carbons (Fsp3) is 0.422. The zero-order valence-electron chi connectivity index (χ0n) is 33.7. The van der Waals surface area contributed by atoms with Crippen molar-refractivity contribution >= 4 is 41.7 Å². The molecule has 296 valence electrons. The number of carbonyl (C=O) groups is 1. The zero-order valence-corrected chi connectivity index (χ0v) is 34.7. The minimum absolute atomic E-state index is 0.0627. The van der Waals surface area contributed by atoms with E-state index >= 15 is 4.39 Å².